The highest BCUT2D eigenvalue weighted by molar-refractivity contribution is 9.10. The summed E-state index contributed by atoms with van der Waals surface area (Å²) >= 11 is 19.7. The average molecular weight is 465 g/mol. The molecule has 0 spiro atoms. The molecule has 0 unspecified atom stereocenters. The van der Waals surface area contributed by atoms with E-state index in [0.29, 0.717) is 10.3 Å². The Morgan fingerprint density at radius 2 is 0.955 bits per heavy atom. The van der Waals surface area contributed by atoms with Crippen molar-refractivity contribution in [2.45, 2.75) is 0 Å². The van der Waals surface area contributed by atoms with Gasteiger partial charge in [-0.15, -0.1) is 0 Å². The Morgan fingerprint density at radius 1 is 0.682 bits per heavy atom. The molecule has 2 aromatic carbocycles. The summed E-state index contributed by atoms with van der Waals surface area (Å²) in [6, 6.07) is 15.7. The van der Waals surface area contributed by atoms with E-state index in [2.05, 4.69) is 31.9 Å². The lowest BCUT2D eigenvalue weighted by Crippen LogP contribution is -2.21. The molecule has 0 saturated carbocycles. The second kappa shape index (κ2) is 7.73. The molecule has 2 nitrogen and oxygen atoms in total. The van der Waals surface area contributed by atoms with E-state index in [0.717, 1.165) is 20.3 Å². The van der Waals surface area contributed by atoms with E-state index in [-0.39, 0.29) is 0 Å². The van der Waals surface area contributed by atoms with Crippen LogP contribution in [-0.2, 0) is 0 Å². The molecule has 0 atom stereocenters. The molecule has 0 aliphatic heterocycles. The molecule has 22 heavy (non-hydrogen) atoms. The van der Waals surface area contributed by atoms with E-state index >= 15 is 0 Å². The van der Waals surface area contributed by atoms with Crippen LogP contribution < -0.4 is 9.80 Å². The predicted octanol–water partition coefficient (Wildman–Crippen LogP) is 6.39. The second-order valence-electron chi connectivity index (χ2n) is 4.65. The lowest BCUT2D eigenvalue weighted by molar-refractivity contribution is 1.10. The summed E-state index contributed by atoms with van der Waals surface area (Å²) in [5.74, 6) is 0. The van der Waals surface area contributed by atoms with Crippen LogP contribution in [0.5, 0.6) is 0 Å². The molecular weight excluding hydrogens is 451 g/mol. The smallest absolute Gasteiger partial charge is 0.145 e. The van der Waals surface area contributed by atoms with Crippen molar-refractivity contribution in [2.24, 2.45) is 0 Å². The molecule has 2 rings (SSSR count). The fourth-order valence-corrected chi connectivity index (χ4v) is 2.81. The summed E-state index contributed by atoms with van der Waals surface area (Å²) < 4.78 is 2.03. The van der Waals surface area contributed by atoms with Gasteiger partial charge in [0.1, 0.15) is 10.3 Å². The number of rotatable bonds is 4. The Hall–Kier alpha value is -0.680. The summed E-state index contributed by atoms with van der Waals surface area (Å²) in [5, 5.41) is 0.906. The predicted molar refractivity (Wildman–Crippen MR) is 104 cm³/mol. The van der Waals surface area contributed by atoms with Gasteiger partial charge < -0.3 is 9.80 Å². The molecule has 0 aromatic heterocycles. The third kappa shape index (κ3) is 4.19. The van der Waals surface area contributed by atoms with E-state index in [9.17, 15) is 0 Å². The summed E-state index contributed by atoms with van der Waals surface area (Å²) in [5.41, 5.74) is 1.91. The molecule has 116 valence electrons. The van der Waals surface area contributed by atoms with Gasteiger partial charge in [0.2, 0.25) is 0 Å². The highest BCUT2D eigenvalue weighted by Gasteiger charge is 2.14. The molecular formula is C16H14Br2Cl2N2. The monoisotopic (exact) mass is 462 g/mol. The molecule has 0 bridgehead atoms. The SMILES string of the molecule is CN(/C(Cl)=C(\Cl)N(C)c1ccc(Br)cc1)c1ccc(Br)cc1. The van der Waals surface area contributed by atoms with Gasteiger partial charge in [0, 0.05) is 34.4 Å². The van der Waals surface area contributed by atoms with Crippen LogP contribution in [0.4, 0.5) is 11.4 Å². The molecule has 0 N–H and O–H groups in total. The highest BCUT2D eigenvalue weighted by Crippen LogP contribution is 2.29. The lowest BCUT2D eigenvalue weighted by Gasteiger charge is -2.24. The van der Waals surface area contributed by atoms with Gasteiger partial charge in [0.05, 0.1) is 0 Å². The van der Waals surface area contributed by atoms with E-state index in [1.54, 1.807) is 0 Å². The zero-order chi connectivity index (χ0) is 16.3. The standard InChI is InChI=1S/C16H14Br2Cl2N2/c1-21(13-7-3-11(17)4-8-13)15(19)16(20)22(2)14-9-5-12(18)6-10-14/h3-10H,1-2H3/b16-15+. The topological polar surface area (TPSA) is 6.48 Å². The van der Waals surface area contributed by atoms with Gasteiger partial charge in [-0.1, -0.05) is 55.1 Å². The first kappa shape index (κ1) is 17.7. The zero-order valence-electron chi connectivity index (χ0n) is 12.0. The Morgan fingerprint density at radius 3 is 1.23 bits per heavy atom. The van der Waals surface area contributed by atoms with Gasteiger partial charge in [-0.25, -0.2) is 0 Å². The number of anilines is 2. The summed E-state index contributed by atoms with van der Waals surface area (Å²) in [7, 11) is 3.76. The minimum Gasteiger partial charge on any atom is -0.333 e. The van der Waals surface area contributed by atoms with Crippen molar-refractivity contribution in [1.82, 2.24) is 0 Å². The number of nitrogens with zero attached hydrogens (tertiary/aromatic N) is 2. The van der Waals surface area contributed by atoms with Crippen LogP contribution in [-0.4, -0.2) is 14.1 Å². The summed E-state index contributed by atoms with van der Waals surface area (Å²) in [6.07, 6.45) is 0. The fourth-order valence-electron chi connectivity index (χ4n) is 1.83. The number of hydrogen-bond donors (Lipinski definition) is 0. The second-order valence-corrected chi connectivity index (χ2v) is 7.20. The van der Waals surface area contributed by atoms with E-state index in [4.69, 9.17) is 23.2 Å². The van der Waals surface area contributed by atoms with Crippen molar-refractivity contribution >= 4 is 66.4 Å². The molecule has 0 aliphatic carbocycles. The fraction of sp³-hybridized carbons (Fsp3) is 0.125. The van der Waals surface area contributed by atoms with Gasteiger partial charge >= 0.3 is 0 Å². The average Bonchev–Trinajstić information content (AvgIpc) is 2.53. The Kier molecular flexibility index (Phi) is 6.21. The number of hydrogen-bond acceptors (Lipinski definition) is 2. The van der Waals surface area contributed by atoms with Crippen LogP contribution in [0.2, 0.25) is 0 Å². The lowest BCUT2D eigenvalue weighted by atomic mass is 10.3. The van der Waals surface area contributed by atoms with Gasteiger partial charge in [0.25, 0.3) is 0 Å². The van der Waals surface area contributed by atoms with Crippen molar-refractivity contribution in [2.75, 3.05) is 23.9 Å². The quantitative estimate of drug-likeness (QED) is 0.484. The first-order chi connectivity index (χ1) is 10.4. The van der Waals surface area contributed by atoms with Crippen molar-refractivity contribution < 1.29 is 0 Å². The Bertz CT molecular complexity index is 610. The molecule has 0 aliphatic rings. The zero-order valence-corrected chi connectivity index (χ0v) is 16.7. The minimum absolute atomic E-state index is 0.453. The van der Waals surface area contributed by atoms with Gasteiger partial charge in [0.15, 0.2) is 0 Å². The van der Waals surface area contributed by atoms with Crippen LogP contribution in [0, 0.1) is 0 Å². The van der Waals surface area contributed by atoms with Crippen molar-refractivity contribution in [1.29, 1.82) is 0 Å². The molecule has 0 amide bonds. The Labute approximate surface area is 157 Å². The maximum atomic E-state index is 6.44. The van der Waals surface area contributed by atoms with Crippen LogP contribution in [0.15, 0.2) is 67.8 Å². The molecule has 2 aromatic rings. The van der Waals surface area contributed by atoms with Gasteiger partial charge in [-0.2, -0.15) is 0 Å². The molecule has 0 heterocycles. The first-order valence-electron chi connectivity index (χ1n) is 6.44. The summed E-state index contributed by atoms with van der Waals surface area (Å²) in [6.45, 7) is 0. The molecule has 0 fully saturated rings. The third-order valence-corrected chi connectivity index (χ3v) is 5.21. The van der Waals surface area contributed by atoms with Crippen molar-refractivity contribution in [3.63, 3.8) is 0 Å². The first-order valence-corrected chi connectivity index (χ1v) is 8.78. The van der Waals surface area contributed by atoms with Crippen LogP contribution in [0.1, 0.15) is 0 Å². The molecule has 0 saturated heterocycles. The van der Waals surface area contributed by atoms with Crippen molar-refractivity contribution in [3.8, 4) is 0 Å². The minimum atomic E-state index is 0.453. The summed E-state index contributed by atoms with van der Waals surface area (Å²) in [4.78, 5) is 3.68. The van der Waals surface area contributed by atoms with Gasteiger partial charge in [-0.05, 0) is 48.5 Å². The third-order valence-electron chi connectivity index (χ3n) is 3.19. The number of benzene rings is 2. The Balaban J connectivity index is 2.27. The van der Waals surface area contributed by atoms with E-state index < -0.39 is 0 Å². The van der Waals surface area contributed by atoms with Crippen LogP contribution in [0.3, 0.4) is 0 Å². The largest absolute Gasteiger partial charge is 0.333 e. The maximum absolute atomic E-state index is 6.44. The van der Waals surface area contributed by atoms with Gasteiger partial charge in [-0.3, -0.25) is 0 Å². The number of halogens is 4. The molecule has 0 radical (unpaired) electrons. The van der Waals surface area contributed by atoms with Crippen LogP contribution >= 0.6 is 55.1 Å². The normalized spacial score (nSPS) is 11.9. The highest BCUT2D eigenvalue weighted by atomic mass is 79.9. The maximum Gasteiger partial charge on any atom is 0.145 e. The van der Waals surface area contributed by atoms with Crippen LogP contribution in [0.25, 0.3) is 0 Å². The molecule has 6 heteroatoms. The van der Waals surface area contributed by atoms with E-state index in [1.165, 1.54) is 0 Å². The van der Waals surface area contributed by atoms with Crippen molar-refractivity contribution in [3.05, 3.63) is 67.8 Å². The van der Waals surface area contributed by atoms with E-state index in [1.807, 2.05) is 72.4 Å².